The van der Waals surface area contributed by atoms with Crippen molar-refractivity contribution in [2.45, 2.75) is 6.92 Å². The quantitative estimate of drug-likeness (QED) is 0.755. The Morgan fingerprint density at radius 3 is 2.60 bits per heavy atom. The van der Waals surface area contributed by atoms with Gasteiger partial charge in [0.05, 0.1) is 0 Å². The van der Waals surface area contributed by atoms with E-state index in [0.717, 1.165) is 5.56 Å². The smallest absolute Gasteiger partial charge is 0.253 e. The van der Waals surface area contributed by atoms with Crippen molar-refractivity contribution >= 4 is 23.6 Å². The molecule has 0 aliphatic rings. The molecule has 1 rings (SSSR count). The van der Waals surface area contributed by atoms with Crippen LogP contribution < -0.4 is 0 Å². The molecule has 0 fully saturated rings. The van der Waals surface area contributed by atoms with E-state index in [1.165, 1.54) is 0 Å². The lowest BCUT2D eigenvalue weighted by molar-refractivity contribution is 0.0827. The van der Waals surface area contributed by atoms with Crippen LogP contribution in [0.4, 0.5) is 0 Å². The second kappa shape index (κ2) is 4.99. The highest BCUT2D eigenvalue weighted by Gasteiger charge is 2.11. The predicted molar refractivity (Wildman–Crippen MR) is 64.2 cm³/mol. The Hall–Kier alpha value is -1.28. The first-order chi connectivity index (χ1) is 7.06. The van der Waals surface area contributed by atoms with Crippen molar-refractivity contribution in [3.05, 3.63) is 40.4 Å². The lowest BCUT2D eigenvalue weighted by Gasteiger charge is -2.12. The van der Waals surface area contributed by atoms with Crippen molar-refractivity contribution in [1.82, 2.24) is 4.90 Å². The Labute approximate surface area is 95.2 Å². The number of rotatable bonds is 2. The number of carbonyl (C=O) groups excluding carboxylic acids is 1. The van der Waals surface area contributed by atoms with Crippen LogP contribution in [0.5, 0.6) is 0 Å². The highest BCUT2D eigenvalue weighted by atomic mass is 35.5. The minimum Gasteiger partial charge on any atom is -0.345 e. The average molecular weight is 224 g/mol. The monoisotopic (exact) mass is 223 g/mol. The molecule has 0 spiro atoms. The van der Waals surface area contributed by atoms with Crippen molar-refractivity contribution in [3.63, 3.8) is 0 Å². The van der Waals surface area contributed by atoms with E-state index in [1.807, 2.05) is 25.1 Å². The van der Waals surface area contributed by atoms with E-state index >= 15 is 0 Å². The number of allylic oxidation sites excluding steroid dienone is 1. The van der Waals surface area contributed by atoms with Crippen molar-refractivity contribution in [3.8, 4) is 0 Å². The minimum absolute atomic E-state index is 0.0365. The molecule has 0 radical (unpaired) electrons. The van der Waals surface area contributed by atoms with E-state index in [-0.39, 0.29) is 5.91 Å². The number of amides is 1. The van der Waals surface area contributed by atoms with Crippen LogP contribution >= 0.6 is 11.6 Å². The molecule has 0 saturated heterocycles. The van der Waals surface area contributed by atoms with Crippen molar-refractivity contribution in [2.75, 3.05) is 14.1 Å². The zero-order valence-electron chi connectivity index (χ0n) is 9.12. The molecule has 1 aromatic carbocycles. The fourth-order valence-corrected chi connectivity index (χ4v) is 1.45. The standard InChI is InChI=1S/C12H14ClNO/c1-4-5-9-6-7-10(13)8-11(9)12(15)14(2)3/h4-8H,1-3H3/b5-4+. The molecule has 0 aromatic heterocycles. The van der Waals surface area contributed by atoms with E-state index < -0.39 is 0 Å². The maximum absolute atomic E-state index is 11.8. The molecule has 0 saturated carbocycles. The van der Waals surface area contributed by atoms with Gasteiger partial charge in [0.25, 0.3) is 5.91 Å². The molecule has 2 nitrogen and oxygen atoms in total. The molecular formula is C12H14ClNO. The maximum atomic E-state index is 11.8. The van der Waals surface area contributed by atoms with Gasteiger partial charge in [-0.05, 0) is 24.6 Å². The molecule has 0 unspecified atom stereocenters. The van der Waals surface area contributed by atoms with Gasteiger partial charge in [-0.15, -0.1) is 0 Å². The topological polar surface area (TPSA) is 20.3 Å². The maximum Gasteiger partial charge on any atom is 0.253 e. The van der Waals surface area contributed by atoms with Gasteiger partial charge in [0.15, 0.2) is 0 Å². The van der Waals surface area contributed by atoms with Crippen LogP contribution in [0.25, 0.3) is 6.08 Å². The van der Waals surface area contributed by atoms with Crippen LogP contribution in [-0.4, -0.2) is 24.9 Å². The van der Waals surface area contributed by atoms with Gasteiger partial charge >= 0.3 is 0 Å². The zero-order chi connectivity index (χ0) is 11.4. The predicted octanol–water partition coefficient (Wildman–Crippen LogP) is 3.07. The summed E-state index contributed by atoms with van der Waals surface area (Å²) in [6, 6.07) is 5.32. The van der Waals surface area contributed by atoms with E-state index in [0.29, 0.717) is 10.6 Å². The number of carbonyl (C=O) groups is 1. The lowest BCUT2D eigenvalue weighted by Crippen LogP contribution is -2.22. The van der Waals surface area contributed by atoms with Gasteiger partial charge in [-0.3, -0.25) is 4.79 Å². The molecule has 0 aliphatic heterocycles. The summed E-state index contributed by atoms with van der Waals surface area (Å²) in [6.45, 7) is 1.92. The number of nitrogens with zero attached hydrogens (tertiary/aromatic N) is 1. The summed E-state index contributed by atoms with van der Waals surface area (Å²) >= 11 is 5.87. The summed E-state index contributed by atoms with van der Waals surface area (Å²) in [6.07, 6.45) is 3.79. The Bertz CT molecular complexity index is 397. The molecular weight excluding hydrogens is 210 g/mol. The van der Waals surface area contributed by atoms with E-state index in [4.69, 9.17) is 11.6 Å². The Morgan fingerprint density at radius 2 is 2.07 bits per heavy atom. The molecule has 3 heteroatoms. The highest BCUT2D eigenvalue weighted by Crippen LogP contribution is 2.18. The van der Waals surface area contributed by atoms with Crippen LogP contribution in [0.3, 0.4) is 0 Å². The molecule has 80 valence electrons. The zero-order valence-corrected chi connectivity index (χ0v) is 9.88. The first kappa shape index (κ1) is 11.8. The van der Waals surface area contributed by atoms with E-state index in [1.54, 1.807) is 31.1 Å². The molecule has 15 heavy (non-hydrogen) atoms. The third kappa shape index (κ3) is 2.83. The number of hydrogen-bond donors (Lipinski definition) is 0. The summed E-state index contributed by atoms with van der Waals surface area (Å²) in [5.41, 5.74) is 1.52. The molecule has 1 amide bonds. The van der Waals surface area contributed by atoms with Crippen LogP contribution in [0.1, 0.15) is 22.8 Å². The van der Waals surface area contributed by atoms with Gasteiger partial charge in [0, 0.05) is 24.7 Å². The van der Waals surface area contributed by atoms with Crippen molar-refractivity contribution < 1.29 is 4.79 Å². The Kier molecular flexibility index (Phi) is 3.92. The summed E-state index contributed by atoms with van der Waals surface area (Å²) in [4.78, 5) is 13.4. The third-order valence-corrected chi connectivity index (χ3v) is 2.23. The van der Waals surface area contributed by atoms with Crippen LogP contribution in [0, 0.1) is 0 Å². The second-order valence-electron chi connectivity index (χ2n) is 3.43. The molecule has 0 bridgehead atoms. The van der Waals surface area contributed by atoms with Crippen LogP contribution in [-0.2, 0) is 0 Å². The Morgan fingerprint density at radius 1 is 1.40 bits per heavy atom. The fraction of sp³-hybridized carbons (Fsp3) is 0.250. The fourth-order valence-electron chi connectivity index (χ4n) is 1.28. The first-order valence-corrected chi connectivity index (χ1v) is 5.08. The van der Waals surface area contributed by atoms with E-state index in [9.17, 15) is 4.79 Å². The summed E-state index contributed by atoms with van der Waals surface area (Å²) < 4.78 is 0. The van der Waals surface area contributed by atoms with Gasteiger partial charge in [-0.2, -0.15) is 0 Å². The molecule has 0 N–H and O–H groups in total. The average Bonchev–Trinajstić information content (AvgIpc) is 2.20. The van der Waals surface area contributed by atoms with Gasteiger partial charge in [-0.1, -0.05) is 29.8 Å². The summed E-state index contributed by atoms with van der Waals surface area (Å²) in [7, 11) is 3.45. The van der Waals surface area contributed by atoms with Gasteiger partial charge < -0.3 is 4.90 Å². The highest BCUT2D eigenvalue weighted by molar-refractivity contribution is 6.31. The molecule has 0 aliphatic carbocycles. The molecule has 1 aromatic rings. The molecule has 0 atom stereocenters. The third-order valence-electron chi connectivity index (χ3n) is 2.00. The van der Waals surface area contributed by atoms with Crippen molar-refractivity contribution in [2.24, 2.45) is 0 Å². The normalized spacial score (nSPS) is 10.7. The molecule has 0 heterocycles. The number of halogens is 1. The second-order valence-corrected chi connectivity index (χ2v) is 3.87. The van der Waals surface area contributed by atoms with Crippen LogP contribution in [0.15, 0.2) is 24.3 Å². The number of hydrogen-bond acceptors (Lipinski definition) is 1. The summed E-state index contributed by atoms with van der Waals surface area (Å²) in [5.74, 6) is -0.0365. The van der Waals surface area contributed by atoms with E-state index in [2.05, 4.69) is 0 Å². The lowest BCUT2D eigenvalue weighted by atomic mass is 10.1. The Balaban J connectivity index is 3.24. The number of benzene rings is 1. The van der Waals surface area contributed by atoms with Gasteiger partial charge in [0.1, 0.15) is 0 Å². The van der Waals surface area contributed by atoms with Gasteiger partial charge in [-0.25, -0.2) is 0 Å². The minimum atomic E-state index is -0.0365. The van der Waals surface area contributed by atoms with Gasteiger partial charge in [0.2, 0.25) is 0 Å². The van der Waals surface area contributed by atoms with Crippen molar-refractivity contribution in [1.29, 1.82) is 0 Å². The SMILES string of the molecule is C/C=C/c1ccc(Cl)cc1C(=O)N(C)C. The summed E-state index contributed by atoms with van der Waals surface area (Å²) in [5, 5.41) is 0.577. The van der Waals surface area contributed by atoms with Crippen LogP contribution in [0.2, 0.25) is 5.02 Å². The largest absolute Gasteiger partial charge is 0.345 e. The first-order valence-electron chi connectivity index (χ1n) is 4.70.